The number of carboxylic acids is 1. The van der Waals surface area contributed by atoms with Gasteiger partial charge in [-0.2, -0.15) is 10.1 Å². The maximum Gasteiger partial charge on any atom is 0.344 e. The van der Waals surface area contributed by atoms with E-state index in [0.29, 0.717) is 5.56 Å². The minimum Gasteiger partial charge on any atom is -0.493 e. The third kappa shape index (κ3) is 3.17. The van der Waals surface area contributed by atoms with E-state index in [-0.39, 0.29) is 52.0 Å². The number of imide groups is 1. The van der Waals surface area contributed by atoms with E-state index in [0.717, 1.165) is 11.4 Å². The van der Waals surface area contributed by atoms with Crippen LogP contribution in [0.3, 0.4) is 0 Å². The number of methoxy groups -OCH3 is 1. The first-order chi connectivity index (χ1) is 13.8. The predicted molar refractivity (Wildman–Crippen MR) is 103 cm³/mol. The number of hydrogen-bond donors (Lipinski definition) is 1. The SMILES string of the molecule is COc1cc(C=NN2C(=O)C3C4C=CC(C4)C3C2=O)cc(Cl)c1OC(C)C(=O)O. The van der Waals surface area contributed by atoms with Crippen molar-refractivity contribution in [1.29, 1.82) is 0 Å². The minimum atomic E-state index is -1.14. The number of hydrogen-bond acceptors (Lipinski definition) is 6. The Labute approximate surface area is 171 Å². The van der Waals surface area contributed by atoms with Crippen molar-refractivity contribution in [3.8, 4) is 11.5 Å². The van der Waals surface area contributed by atoms with Crippen molar-refractivity contribution in [2.24, 2.45) is 28.8 Å². The van der Waals surface area contributed by atoms with Gasteiger partial charge in [0.2, 0.25) is 0 Å². The maximum atomic E-state index is 12.7. The standard InChI is InChI=1S/C20H19ClN2O6/c1-9(20(26)27)29-17-13(21)5-10(6-14(17)28-2)8-22-23-18(24)15-11-3-4-12(7-11)16(15)19(23)25/h3-6,8-9,11-12,15-16H,7H2,1-2H3,(H,26,27). The van der Waals surface area contributed by atoms with Crippen molar-refractivity contribution < 1.29 is 29.0 Å². The Balaban J connectivity index is 1.56. The number of amides is 2. The van der Waals surface area contributed by atoms with Gasteiger partial charge in [0.15, 0.2) is 17.6 Å². The van der Waals surface area contributed by atoms with Crippen LogP contribution < -0.4 is 9.47 Å². The molecule has 2 amide bonds. The molecule has 0 spiro atoms. The zero-order valence-electron chi connectivity index (χ0n) is 15.7. The van der Waals surface area contributed by atoms with Crippen LogP contribution in [0.4, 0.5) is 0 Å². The molecule has 1 saturated carbocycles. The number of rotatable bonds is 6. The summed E-state index contributed by atoms with van der Waals surface area (Å²) in [5.41, 5.74) is 0.473. The predicted octanol–water partition coefficient (Wildman–Crippen LogP) is 2.34. The Kier molecular flexibility index (Phi) is 4.82. The molecule has 1 heterocycles. The normalized spacial score (nSPS) is 28.3. The van der Waals surface area contributed by atoms with Crippen LogP contribution >= 0.6 is 11.6 Å². The molecule has 2 fully saturated rings. The Morgan fingerprint density at radius 2 is 1.90 bits per heavy atom. The average molecular weight is 419 g/mol. The second-order valence-corrected chi connectivity index (χ2v) is 7.77. The Morgan fingerprint density at radius 1 is 1.28 bits per heavy atom. The van der Waals surface area contributed by atoms with E-state index >= 15 is 0 Å². The number of ether oxygens (including phenoxy) is 2. The fourth-order valence-electron chi connectivity index (χ4n) is 4.28. The van der Waals surface area contributed by atoms with Crippen LogP contribution in [0.2, 0.25) is 5.02 Å². The second-order valence-electron chi connectivity index (χ2n) is 7.37. The lowest BCUT2D eigenvalue weighted by atomic mass is 9.85. The summed E-state index contributed by atoms with van der Waals surface area (Å²) in [6, 6.07) is 3.03. The van der Waals surface area contributed by atoms with Gasteiger partial charge in [-0.05, 0) is 42.9 Å². The molecule has 2 aliphatic carbocycles. The van der Waals surface area contributed by atoms with Crippen molar-refractivity contribution in [2.45, 2.75) is 19.4 Å². The molecule has 5 unspecified atom stereocenters. The number of aliphatic carboxylic acids is 1. The Bertz CT molecular complexity index is 929. The summed E-state index contributed by atoms with van der Waals surface area (Å²) in [5.74, 6) is -1.80. The van der Waals surface area contributed by atoms with Gasteiger partial charge in [0, 0.05) is 0 Å². The number of carbonyl (C=O) groups is 3. The summed E-state index contributed by atoms with van der Waals surface area (Å²) < 4.78 is 10.6. The summed E-state index contributed by atoms with van der Waals surface area (Å²) in [5, 5.41) is 14.2. The molecule has 3 aliphatic rings. The molecular weight excluding hydrogens is 400 g/mol. The quantitative estimate of drug-likeness (QED) is 0.432. The number of halogens is 1. The van der Waals surface area contributed by atoms with E-state index in [1.807, 2.05) is 12.2 Å². The van der Waals surface area contributed by atoms with E-state index in [1.165, 1.54) is 32.4 Å². The van der Waals surface area contributed by atoms with Crippen LogP contribution in [-0.2, 0) is 14.4 Å². The van der Waals surface area contributed by atoms with Gasteiger partial charge in [-0.15, -0.1) is 0 Å². The summed E-state index contributed by atoms with van der Waals surface area (Å²) >= 11 is 6.22. The molecule has 1 N–H and O–H groups in total. The molecule has 1 saturated heterocycles. The highest BCUT2D eigenvalue weighted by molar-refractivity contribution is 6.32. The highest BCUT2D eigenvalue weighted by atomic mass is 35.5. The van der Waals surface area contributed by atoms with E-state index in [9.17, 15) is 14.4 Å². The van der Waals surface area contributed by atoms with Crippen molar-refractivity contribution in [1.82, 2.24) is 5.01 Å². The number of hydrazone groups is 1. The summed E-state index contributed by atoms with van der Waals surface area (Å²) in [4.78, 5) is 36.4. The lowest BCUT2D eigenvalue weighted by Crippen LogP contribution is -2.28. The number of fused-ring (bicyclic) bond motifs is 5. The third-order valence-electron chi connectivity index (χ3n) is 5.66. The summed E-state index contributed by atoms with van der Waals surface area (Å²) in [6.45, 7) is 1.37. The number of carbonyl (C=O) groups excluding carboxylic acids is 2. The number of nitrogens with zero attached hydrogens (tertiary/aromatic N) is 2. The van der Waals surface area contributed by atoms with Crippen LogP contribution in [0.15, 0.2) is 29.4 Å². The van der Waals surface area contributed by atoms with Gasteiger partial charge in [-0.1, -0.05) is 23.8 Å². The van der Waals surface area contributed by atoms with Gasteiger partial charge >= 0.3 is 5.97 Å². The van der Waals surface area contributed by atoms with Crippen molar-refractivity contribution in [3.05, 3.63) is 34.9 Å². The molecule has 0 aromatic heterocycles. The molecule has 4 rings (SSSR count). The lowest BCUT2D eigenvalue weighted by molar-refractivity contribution is -0.144. The van der Waals surface area contributed by atoms with Crippen LogP contribution in [-0.4, -0.2) is 47.3 Å². The molecule has 152 valence electrons. The van der Waals surface area contributed by atoms with Crippen molar-refractivity contribution in [3.63, 3.8) is 0 Å². The average Bonchev–Trinajstić information content (AvgIpc) is 3.36. The first-order valence-corrected chi connectivity index (χ1v) is 9.56. The van der Waals surface area contributed by atoms with Gasteiger partial charge in [0.05, 0.1) is 30.2 Å². The molecule has 1 aromatic carbocycles. The first-order valence-electron chi connectivity index (χ1n) is 9.19. The molecule has 0 radical (unpaired) electrons. The minimum absolute atomic E-state index is 0.0896. The summed E-state index contributed by atoms with van der Waals surface area (Å²) in [6.07, 6.45) is 5.12. The van der Waals surface area contributed by atoms with Gasteiger partial charge in [0.1, 0.15) is 0 Å². The largest absolute Gasteiger partial charge is 0.493 e. The molecule has 8 nitrogen and oxygen atoms in total. The zero-order chi connectivity index (χ0) is 20.9. The highest BCUT2D eigenvalue weighted by Gasteiger charge is 2.59. The molecule has 1 aliphatic heterocycles. The third-order valence-corrected chi connectivity index (χ3v) is 5.94. The number of carboxylic acid groups (broad SMARTS) is 1. The molecule has 29 heavy (non-hydrogen) atoms. The van der Waals surface area contributed by atoms with Crippen molar-refractivity contribution >= 4 is 35.6 Å². The smallest absolute Gasteiger partial charge is 0.344 e. The Morgan fingerprint density at radius 3 is 2.45 bits per heavy atom. The fourth-order valence-corrected chi connectivity index (χ4v) is 4.54. The first kappa shape index (κ1) is 19.4. The van der Waals surface area contributed by atoms with Crippen LogP contribution in [0.25, 0.3) is 0 Å². The number of allylic oxidation sites excluding steroid dienone is 2. The molecular formula is C20H19ClN2O6. The van der Waals surface area contributed by atoms with Gasteiger partial charge in [-0.25, -0.2) is 4.79 Å². The zero-order valence-corrected chi connectivity index (χ0v) is 16.5. The van der Waals surface area contributed by atoms with Gasteiger partial charge < -0.3 is 14.6 Å². The van der Waals surface area contributed by atoms with Gasteiger partial charge in [0.25, 0.3) is 11.8 Å². The van der Waals surface area contributed by atoms with E-state index in [2.05, 4.69) is 5.10 Å². The topological polar surface area (TPSA) is 106 Å². The maximum absolute atomic E-state index is 12.7. The monoisotopic (exact) mass is 418 g/mol. The number of benzene rings is 1. The van der Waals surface area contributed by atoms with Gasteiger partial charge in [-0.3, -0.25) is 9.59 Å². The lowest BCUT2D eigenvalue weighted by Gasteiger charge is -2.16. The van der Waals surface area contributed by atoms with Crippen molar-refractivity contribution in [2.75, 3.05) is 7.11 Å². The summed E-state index contributed by atoms with van der Waals surface area (Å²) in [7, 11) is 1.39. The van der Waals surface area contributed by atoms with E-state index in [1.54, 1.807) is 0 Å². The highest BCUT2D eigenvalue weighted by Crippen LogP contribution is 2.52. The van der Waals surface area contributed by atoms with Crippen LogP contribution in [0.5, 0.6) is 11.5 Å². The molecule has 2 bridgehead atoms. The molecule has 5 atom stereocenters. The van der Waals surface area contributed by atoms with E-state index < -0.39 is 12.1 Å². The van der Waals surface area contributed by atoms with Crippen LogP contribution in [0, 0.1) is 23.7 Å². The van der Waals surface area contributed by atoms with Crippen LogP contribution in [0.1, 0.15) is 18.9 Å². The molecule has 1 aromatic rings. The second kappa shape index (κ2) is 7.18. The van der Waals surface area contributed by atoms with E-state index in [4.69, 9.17) is 26.2 Å². The Hall–Kier alpha value is -2.87. The molecule has 9 heteroatoms. The fraction of sp³-hybridized carbons (Fsp3) is 0.400.